The largest absolute Gasteiger partial charge is 0.342 e. The number of fused-ring (bicyclic) bond motifs is 1. The summed E-state index contributed by atoms with van der Waals surface area (Å²) in [5.74, 6) is 0.629. The molecule has 1 aromatic carbocycles. The molecule has 0 spiro atoms. The summed E-state index contributed by atoms with van der Waals surface area (Å²) in [4.78, 5) is 17.1. The first-order valence-electron chi connectivity index (χ1n) is 9.59. The van der Waals surface area contributed by atoms with Crippen LogP contribution < -0.4 is 15.5 Å². The molecule has 2 heterocycles. The topological polar surface area (TPSA) is 93.1 Å². The maximum Gasteiger partial charge on any atom is 0.209 e. The zero-order valence-corrected chi connectivity index (χ0v) is 17.3. The molecule has 1 aliphatic rings. The monoisotopic (exact) mass is 422 g/mol. The van der Waals surface area contributed by atoms with Crippen LogP contribution in [-0.2, 0) is 16.6 Å². The highest BCUT2D eigenvalue weighted by Crippen LogP contribution is 2.24. The summed E-state index contributed by atoms with van der Waals surface area (Å²) < 4.78 is 27.3. The lowest BCUT2D eigenvalue weighted by molar-refractivity contribution is 0.586. The molecule has 0 unspecified atom stereocenters. The van der Waals surface area contributed by atoms with E-state index >= 15 is 0 Å². The number of hydrogen-bond acceptors (Lipinski definition) is 5. The van der Waals surface area contributed by atoms with Gasteiger partial charge in [0.25, 0.3) is 0 Å². The summed E-state index contributed by atoms with van der Waals surface area (Å²) in [5.41, 5.74) is 2.81. The van der Waals surface area contributed by atoms with Crippen molar-refractivity contribution in [3.05, 3.63) is 88.5 Å². The average molecular weight is 423 g/mol. The molecule has 1 aliphatic carbocycles. The van der Waals surface area contributed by atoms with Crippen molar-refractivity contribution in [3.8, 4) is 5.69 Å². The van der Waals surface area contributed by atoms with Crippen LogP contribution in [0.3, 0.4) is 0 Å². The van der Waals surface area contributed by atoms with Gasteiger partial charge in [-0.25, -0.2) is 13.1 Å². The van der Waals surface area contributed by atoms with Gasteiger partial charge in [0, 0.05) is 23.6 Å². The van der Waals surface area contributed by atoms with E-state index in [1.54, 1.807) is 12.1 Å². The third kappa shape index (κ3) is 4.50. The van der Waals surface area contributed by atoms with Crippen molar-refractivity contribution in [2.45, 2.75) is 19.4 Å². The lowest BCUT2D eigenvalue weighted by atomic mass is 10.1. The average Bonchev–Trinajstić information content (AvgIpc) is 2.73. The molecule has 0 saturated carbocycles. The van der Waals surface area contributed by atoms with Gasteiger partial charge < -0.3 is 5.32 Å². The normalized spacial score (nSPS) is 14.0. The molecule has 7 nitrogen and oxygen atoms in total. The first-order valence-corrected chi connectivity index (χ1v) is 11.5. The number of allylic oxidation sites excluding steroid dienone is 3. The van der Waals surface area contributed by atoms with Crippen molar-refractivity contribution in [1.82, 2.24) is 14.3 Å². The molecule has 0 radical (unpaired) electrons. The summed E-state index contributed by atoms with van der Waals surface area (Å²) >= 11 is 0. The number of pyridine rings is 2. The van der Waals surface area contributed by atoms with Crippen LogP contribution in [0.4, 0.5) is 5.82 Å². The Morgan fingerprint density at radius 3 is 2.63 bits per heavy atom. The lowest BCUT2D eigenvalue weighted by Gasteiger charge is -2.20. The molecule has 0 saturated heterocycles. The fraction of sp³-hybridized carbons (Fsp3) is 0.182. The van der Waals surface area contributed by atoms with Crippen LogP contribution in [0, 0.1) is 0 Å². The van der Waals surface area contributed by atoms with E-state index in [1.165, 1.54) is 6.20 Å². The Bertz CT molecular complexity index is 1310. The molecule has 0 aliphatic heterocycles. The van der Waals surface area contributed by atoms with E-state index in [2.05, 4.69) is 27.2 Å². The highest BCUT2D eigenvalue weighted by molar-refractivity contribution is 7.88. The van der Waals surface area contributed by atoms with Crippen molar-refractivity contribution in [1.29, 1.82) is 0 Å². The van der Waals surface area contributed by atoms with E-state index in [4.69, 9.17) is 0 Å². The Balaban J connectivity index is 1.90. The summed E-state index contributed by atoms with van der Waals surface area (Å²) in [6.45, 7) is 0.0449. The SMILES string of the molecule is CS(=O)(=O)NCc1cc2c(cn1)c(=O)cc(NC1=CCCC=C1)n2-c1ccccc1. The minimum Gasteiger partial charge on any atom is -0.342 e. The van der Waals surface area contributed by atoms with Crippen molar-refractivity contribution >= 4 is 26.7 Å². The van der Waals surface area contributed by atoms with Crippen LogP contribution in [-0.4, -0.2) is 24.2 Å². The number of nitrogens with one attached hydrogen (secondary N) is 2. The molecule has 30 heavy (non-hydrogen) atoms. The molecule has 0 atom stereocenters. The number of hydrogen-bond donors (Lipinski definition) is 2. The Morgan fingerprint density at radius 2 is 1.93 bits per heavy atom. The van der Waals surface area contributed by atoms with Gasteiger partial charge in [0.15, 0.2) is 5.43 Å². The van der Waals surface area contributed by atoms with Crippen LogP contribution in [0.25, 0.3) is 16.6 Å². The van der Waals surface area contributed by atoms with Crippen LogP contribution in [0.15, 0.2) is 77.4 Å². The van der Waals surface area contributed by atoms with E-state index in [9.17, 15) is 13.2 Å². The molecule has 154 valence electrons. The smallest absolute Gasteiger partial charge is 0.209 e. The van der Waals surface area contributed by atoms with Crippen LogP contribution in [0.2, 0.25) is 0 Å². The molecule has 2 aromatic heterocycles. The first kappa shape index (κ1) is 20.1. The molecule has 0 fully saturated rings. The number of anilines is 1. The Morgan fingerprint density at radius 1 is 1.13 bits per heavy atom. The van der Waals surface area contributed by atoms with E-state index in [0.29, 0.717) is 22.4 Å². The van der Waals surface area contributed by atoms with Gasteiger partial charge in [0.05, 0.1) is 29.4 Å². The third-order valence-electron chi connectivity index (χ3n) is 4.75. The fourth-order valence-electron chi connectivity index (χ4n) is 3.36. The lowest BCUT2D eigenvalue weighted by Crippen LogP contribution is -2.22. The molecule has 4 rings (SSSR count). The molecule has 3 aromatic rings. The summed E-state index contributed by atoms with van der Waals surface area (Å²) in [6, 6.07) is 13.0. The molecule has 8 heteroatoms. The summed E-state index contributed by atoms with van der Waals surface area (Å²) in [5, 5.41) is 3.82. The molecular formula is C22H22N4O3S. The zero-order chi connectivity index (χ0) is 21.1. The first-order chi connectivity index (χ1) is 14.4. The molecular weight excluding hydrogens is 400 g/mol. The van der Waals surface area contributed by atoms with Crippen LogP contribution in [0.5, 0.6) is 0 Å². The predicted octanol–water partition coefficient (Wildman–Crippen LogP) is 3.08. The van der Waals surface area contributed by atoms with Crippen LogP contribution >= 0.6 is 0 Å². The van der Waals surface area contributed by atoms with Gasteiger partial charge in [-0.2, -0.15) is 0 Å². The quantitative estimate of drug-likeness (QED) is 0.637. The van der Waals surface area contributed by atoms with Crippen molar-refractivity contribution in [2.24, 2.45) is 0 Å². The minimum absolute atomic E-state index is 0.0449. The molecule has 2 N–H and O–H groups in total. The highest BCUT2D eigenvalue weighted by atomic mass is 32.2. The maximum absolute atomic E-state index is 12.8. The van der Waals surface area contributed by atoms with Gasteiger partial charge >= 0.3 is 0 Å². The number of rotatable bonds is 6. The molecule has 0 bridgehead atoms. The van der Waals surface area contributed by atoms with Crippen molar-refractivity contribution in [2.75, 3.05) is 11.6 Å². The van der Waals surface area contributed by atoms with Gasteiger partial charge in [0.2, 0.25) is 10.0 Å². The number of nitrogens with zero attached hydrogens (tertiary/aromatic N) is 2. The standard InChI is InChI=1S/C22H22N4O3S/c1-30(28,29)24-14-17-12-20-19(15-23-17)21(27)13-22(25-16-8-4-2-5-9-16)26(20)18-10-6-3-7-11-18/h3-4,6-13,15,24-25H,2,5,14H2,1H3. The fourth-order valence-corrected chi connectivity index (χ4v) is 3.77. The van der Waals surface area contributed by atoms with Crippen LogP contribution in [0.1, 0.15) is 18.5 Å². The highest BCUT2D eigenvalue weighted by Gasteiger charge is 2.14. The van der Waals surface area contributed by atoms with E-state index in [-0.39, 0.29) is 12.0 Å². The second-order valence-corrected chi connectivity index (χ2v) is 8.95. The van der Waals surface area contributed by atoms with Gasteiger partial charge in [-0.1, -0.05) is 30.4 Å². The summed E-state index contributed by atoms with van der Waals surface area (Å²) in [7, 11) is -3.36. The van der Waals surface area contributed by atoms with Crippen molar-refractivity contribution in [3.63, 3.8) is 0 Å². The number of sulfonamides is 1. The zero-order valence-electron chi connectivity index (χ0n) is 16.5. The van der Waals surface area contributed by atoms with Gasteiger partial charge in [0.1, 0.15) is 5.82 Å². The number of aromatic nitrogens is 2. The number of para-hydroxylation sites is 1. The Kier molecular flexibility index (Phi) is 5.52. The van der Waals surface area contributed by atoms with Gasteiger partial charge in [-0.05, 0) is 37.1 Å². The van der Waals surface area contributed by atoms with E-state index in [1.807, 2.05) is 41.0 Å². The van der Waals surface area contributed by atoms with Gasteiger partial charge in [-0.3, -0.25) is 14.3 Å². The maximum atomic E-state index is 12.8. The predicted molar refractivity (Wildman–Crippen MR) is 119 cm³/mol. The van der Waals surface area contributed by atoms with E-state index in [0.717, 1.165) is 30.5 Å². The van der Waals surface area contributed by atoms with Crippen molar-refractivity contribution < 1.29 is 8.42 Å². The Labute approximate surface area is 174 Å². The molecule has 0 amide bonds. The summed E-state index contributed by atoms with van der Waals surface area (Å²) in [6.07, 6.45) is 10.7. The minimum atomic E-state index is -3.36. The second kappa shape index (κ2) is 8.25. The number of benzene rings is 1. The van der Waals surface area contributed by atoms with E-state index < -0.39 is 10.0 Å². The van der Waals surface area contributed by atoms with Gasteiger partial charge in [-0.15, -0.1) is 0 Å². The Hall–Kier alpha value is -3.23. The third-order valence-corrected chi connectivity index (χ3v) is 5.42. The second-order valence-electron chi connectivity index (χ2n) is 7.12.